The van der Waals surface area contributed by atoms with Crippen molar-refractivity contribution in [2.45, 2.75) is 23.6 Å². The van der Waals surface area contributed by atoms with Gasteiger partial charge in [-0.3, -0.25) is 4.79 Å². The van der Waals surface area contributed by atoms with Gasteiger partial charge >= 0.3 is 0 Å². The first-order chi connectivity index (χ1) is 7.67. The van der Waals surface area contributed by atoms with Crippen LogP contribution < -0.4 is 5.32 Å². The first kappa shape index (κ1) is 12.9. The molecule has 1 aromatic rings. The van der Waals surface area contributed by atoms with Crippen LogP contribution >= 0.6 is 11.8 Å². The van der Waals surface area contributed by atoms with Gasteiger partial charge in [-0.05, 0) is 18.6 Å². The molecule has 0 fully saturated rings. The zero-order valence-electron chi connectivity index (χ0n) is 9.30. The van der Waals surface area contributed by atoms with E-state index in [0.717, 1.165) is 5.03 Å². The molecule has 0 aliphatic carbocycles. The summed E-state index contributed by atoms with van der Waals surface area (Å²) >= 11 is 1.53. The summed E-state index contributed by atoms with van der Waals surface area (Å²) in [6.45, 7) is 2.17. The fourth-order valence-corrected chi connectivity index (χ4v) is 1.95. The summed E-state index contributed by atoms with van der Waals surface area (Å²) in [6, 6.07) is 3.40. The van der Waals surface area contributed by atoms with Crippen LogP contribution in [-0.4, -0.2) is 40.1 Å². The molecule has 1 unspecified atom stereocenters. The van der Waals surface area contributed by atoms with Crippen LogP contribution in [0.1, 0.15) is 23.8 Å². The van der Waals surface area contributed by atoms with E-state index >= 15 is 0 Å². The molecular weight excluding hydrogens is 226 g/mol. The summed E-state index contributed by atoms with van der Waals surface area (Å²) in [5.41, 5.74) is 0.307. The summed E-state index contributed by atoms with van der Waals surface area (Å²) in [5.74, 6) is -0.243. The van der Waals surface area contributed by atoms with Gasteiger partial charge in [-0.2, -0.15) is 0 Å². The standard InChI is InChI=1S/C10H15N3O2S/c1-7(5-6-14)16-9-4-3-8(12-13-9)10(15)11-2/h3-4,7,14H,5-6H2,1-2H3,(H,11,15). The highest BCUT2D eigenvalue weighted by Gasteiger charge is 2.08. The molecule has 0 saturated heterocycles. The van der Waals surface area contributed by atoms with Crippen LogP contribution in [0.25, 0.3) is 0 Å². The third-order valence-corrected chi connectivity index (χ3v) is 3.05. The minimum Gasteiger partial charge on any atom is -0.396 e. The Morgan fingerprint density at radius 2 is 2.31 bits per heavy atom. The minimum absolute atomic E-state index is 0.165. The highest BCUT2D eigenvalue weighted by molar-refractivity contribution is 7.99. The number of nitrogens with one attached hydrogen (secondary N) is 1. The van der Waals surface area contributed by atoms with Crippen LogP contribution in [0.15, 0.2) is 17.2 Å². The number of aliphatic hydroxyl groups excluding tert-OH is 1. The van der Waals surface area contributed by atoms with E-state index in [1.54, 1.807) is 19.2 Å². The second-order valence-electron chi connectivity index (χ2n) is 3.28. The van der Waals surface area contributed by atoms with E-state index in [1.807, 2.05) is 6.92 Å². The molecule has 1 heterocycles. The van der Waals surface area contributed by atoms with E-state index in [4.69, 9.17) is 5.11 Å². The largest absolute Gasteiger partial charge is 0.396 e. The van der Waals surface area contributed by atoms with E-state index in [9.17, 15) is 4.79 Å². The normalized spacial score (nSPS) is 12.2. The van der Waals surface area contributed by atoms with Crippen LogP contribution in [0.5, 0.6) is 0 Å². The maximum atomic E-state index is 11.2. The van der Waals surface area contributed by atoms with Gasteiger partial charge in [0, 0.05) is 18.9 Å². The van der Waals surface area contributed by atoms with Crippen molar-refractivity contribution in [2.24, 2.45) is 0 Å². The fourth-order valence-electron chi connectivity index (χ4n) is 1.08. The molecule has 1 atom stereocenters. The van der Waals surface area contributed by atoms with Gasteiger partial charge in [-0.25, -0.2) is 0 Å². The van der Waals surface area contributed by atoms with Gasteiger partial charge in [0.1, 0.15) is 5.03 Å². The Morgan fingerprint density at radius 3 is 2.81 bits per heavy atom. The molecule has 16 heavy (non-hydrogen) atoms. The highest BCUT2D eigenvalue weighted by atomic mass is 32.2. The molecule has 6 heteroatoms. The number of aliphatic hydroxyl groups is 1. The number of carbonyl (C=O) groups excluding carboxylic acids is 1. The van der Waals surface area contributed by atoms with Gasteiger partial charge in [0.25, 0.3) is 5.91 Å². The second kappa shape index (κ2) is 6.44. The predicted octanol–water partition coefficient (Wildman–Crippen LogP) is 0.699. The predicted molar refractivity (Wildman–Crippen MR) is 62.4 cm³/mol. The molecule has 0 aliphatic heterocycles. The smallest absolute Gasteiger partial charge is 0.271 e. The molecule has 5 nitrogen and oxygen atoms in total. The van der Waals surface area contributed by atoms with Crippen molar-refractivity contribution in [3.05, 3.63) is 17.8 Å². The van der Waals surface area contributed by atoms with Crippen LogP contribution in [0.2, 0.25) is 0 Å². The maximum Gasteiger partial charge on any atom is 0.271 e. The Kier molecular flexibility index (Phi) is 5.21. The second-order valence-corrected chi connectivity index (χ2v) is 4.74. The zero-order chi connectivity index (χ0) is 12.0. The molecule has 1 aromatic heterocycles. The van der Waals surface area contributed by atoms with Crippen molar-refractivity contribution in [1.82, 2.24) is 15.5 Å². The Bertz CT molecular complexity index is 342. The Morgan fingerprint density at radius 1 is 1.56 bits per heavy atom. The van der Waals surface area contributed by atoms with Gasteiger partial charge < -0.3 is 10.4 Å². The van der Waals surface area contributed by atoms with Gasteiger partial charge in [0.15, 0.2) is 5.69 Å². The summed E-state index contributed by atoms with van der Waals surface area (Å²) in [4.78, 5) is 11.2. The van der Waals surface area contributed by atoms with Gasteiger partial charge in [-0.15, -0.1) is 22.0 Å². The average Bonchev–Trinajstić information content (AvgIpc) is 2.29. The lowest BCUT2D eigenvalue weighted by molar-refractivity contribution is 0.0957. The van der Waals surface area contributed by atoms with E-state index < -0.39 is 0 Å². The van der Waals surface area contributed by atoms with Crippen molar-refractivity contribution in [3.63, 3.8) is 0 Å². The molecule has 0 aliphatic rings. The van der Waals surface area contributed by atoms with E-state index in [2.05, 4.69) is 15.5 Å². The van der Waals surface area contributed by atoms with E-state index in [-0.39, 0.29) is 17.8 Å². The Labute approximate surface area is 98.7 Å². The summed E-state index contributed by atoms with van der Waals surface area (Å²) < 4.78 is 0. The van der Waals surface area contributed by atoms with Gasteiger partial charge in [0.05, 0.1) is 0 Å². The molecule has 1 rings (SSSR count). The topological polar surface area (TPSA) is 75.1 Å². The lowest BCUT2D eigenvalue weighted by Gasteiger charge is -2.07. The molecule has 0 radical (unpaired) electrons. The van der Waals surface area contributed by atoms with Crippen LogP contribution in [0.4, 0.5) is 0 Å². The first-order valence-corrected chi connectivity index (χ1v) is 5.88. The number of nitrogens with zero attached hydrogens (tertiary/aromatic N) is 2. The van der Waals surface area contributed by atoms with Gasteiger partial charge in [0.2, 0.25) is 0 Å². The summed E-state index contributed by atoms with van der Waals surface area (Å²) in [6.07, 6.45) is 0.712. The first-order valence-electron chi connectivity index (χ1n) is 5.00. The van der Waals surface area contributed by atoms with Crippen molar-refractivity contribution >= 4 is 17.7 Å². The summed E-state index contributed by atoms with van der Waals surface area (Å²) in [7, 11) is 1.55. The quantitative estimate of drug-likeness (QED) is 0.742. The SMILES string of the molecule is CNC(=O)c1ccc(SC(C)CCO)nn1. The van der Waals surface area contributed by atoms with Crippen LogP contribution in [-0.2, 0) is 0 Å². The van der Waals surface area contributed by atoms with Crippen molar-refractivity contribution in [1.29, 1.82) is 0 Å². The number of hydrogen-bond donors (Lipinski definition) is 2. The number of thioether (sulfide) groups is 1. The number of carbonyl (C=O) groups is 1. The minimum atomic E-state index is -0.243. The number of rotatable bonds is 5. The number of hydrogen-bond acceptors (Lipinski definition) is 5. The molecule has 0 bridgehead atoms. The van der Waals surface area contributed by atoms with E-state index in [1.165, 1.54) is 11.8 Å². The fraction of sp³-hybridized carbons (Fsp3) is 0.500. The highest BCUT2D eigenvalue weighted by Crippen LogP contribution is 2.22. The molecular formula is C10H15N3O2S. The Balaban J connectivity index is 2.61. The molecule has 0 spiro atoms. The van der Waals surface area contributed by atoms with Crippen molar-refractivity contribution < 1.29 is 9.90 Å². The third kappa shape index (κ3) is 3.79. The molecule has 88 valence electrons. The lowest BCUT2D eigenvalue weighted by Crippen LogP contribution is -2.19. The summed E-state index contributed by atoms with van der Waals surface area (Å²) in [5, 5.41) is 20.0. The molecule has 0 saturated carbocycles. The van der Waals surface area contributed by atoms with Gasteiger partial charge in [-0.1, -0.05) is 6.92 Å². The molecule has 1 amide bonds. The number of amides is 1. The zero-order valence-corrected chi connectivity index (χ0v) is 10.1. The van der Waals surface area contributed by atoms with Crippen LogP contribution in [0.3, 0.4) is 0 Å². The number of aromatic nitrogens is 2. The Hall–Kier alpha value is -1.14. The average molecular weight is 241 g/mol. The monoisotopic (exact) mass is 241 g/mol. The molecule has 2 N–H and O–H groups in total. The van der Waals surface area contributed by atoms with Crippen LogP contribution in [0, 0.1) is 0 Å². The molecule has 0 aromatic carbocycles. The maximum absolute atomic E-state index is 11.2. The lowest BCUT2D eigenvalue weighted by atomic mass is 10.3. The third-order valence-electron chi connectivity index (χ3n) is 1.96. The van der Waals surface area contributed by atoms with Crippen molar-refractivity contribution in [3.8, 4) is 0 Å². The van der Waals surface area contributed by atoms with Crippen molar-refractivity contribution in [2.75, 3.05) is 13.7 Å². The van der Waals surface area contributed by atoms with E-state index in [0.29, 0.717) is 12.1 Å².